The lowest BCUT2D eigenvalue weighted by atomic mass is 9.90. The second kappa shape index (κ2) is 7.76. The minimum atomic E-state index is -0.566. The third-order valence-electron chi connectivity index (χ3n) is 6.24. The molecule has 1 N–H and O–H groups in total. The number of benzene rings is 1. The van der Waals surface area contributed by atoms with Crippen LogP contribution < -0.4 is 14.4 Å². The summed E-state index contributed by atoms with van der Waals surface area (Å²) < 4.78 is 10.9. The lowest BCUT2D eigenvalue weighted by Gasteiger charge is -2.40. The van der Waals surface area contributed by atoms with Crippen molar-refractivity contribution in [2.75, 3.05) is 51.8 Å². The Morgan fingerprint density at radius 1 is 1.00 bits per heavy atom. The van der Waals surface area contributed by atoms with Gasteiger partial charge in [0.1, 0.15) is 5.82 Å². The van der Waals surface area contributed by atoms with Crippen LogP contribution in [0.5, 0.6) is 11.5 Å². The lowest BCUT2D eigenvalue weighted by molar-refractivity contribution is -0.0111. The van der Waals surface area contributed by atoms with E-state index < -0.39 is 5.60 Å². The number of methoxy groups -OCH3 is 2. The third-order valence-corrected chi connectivity index (χ3v) is 6.24. The van der Waals surface area contributed by atoms with E-state index in [4.69, 9.17) is 14.5 Å². The Labute approximate surface area is 167 Å². The molecule has 2 fully saturated rings. The van der Waals surface area contributed by atoms with E-state index in [1.54, 1.807) is 14.2 Å². The van der Waals surface area contributed by atoms with Crippen LogP contribution in [0.3, 0.4) is 0 Å². The first-order valence-electron chi connectivity index (χ1n) is 10.2. The molecule has 0 radical (unpaired) electrons. The first-order valence-corrected chi connectivity index (χ1v) is 10.2. The van der Waals surface area contributed by atoms with Crippen molar-refractivity contribution in [1.82, 2.24) is 9.88 Å². The van der Waals surface area contributed by atoms with E-state index >= 15 is 0 Å². The van der Waals surface area contributed by atoms with Gasteiger partial charge in [0.05, 0.1) is 25.3 Å². The molecule has 1 aromatic heterocycles. The number of hydrogen-bond acceptors (Lipinski definition) is 6. The summed E-state index contributed by atoms with van der Waals surface area (Å²) in [5.74, 6) is 2.38. The fourth-order valence-corrected chi connectivity index (χ4v) is 4.53. The molecule has 2 saturated heterocycles. The third kappa shape index (κ3) is 3.76. The van der Waals surface area contributed by atoms with Crippen LogP contribution in [-0.4, -0.2) is 67.5 Å². The molecule has 28 heavy (non-hydrogen) atoms. The predicted molar refractivity (Wildman–Crippen MR) is 112 cm³/mol. The molecule has 2 aromatic rings. The molecule has 4 rings (SSSR count). The standard InChI is InChI=1S/C22H31N3O3/c1-16-12-21(23-18-14-20(28-3)19(27-2)13-17(16)18)25-10-6-22(26,7-11-25)15-24-8-4-5-9-24/h12-14,26H,4-11,15H2,1-3H3. The van der Waals surface area contributed by atoms with Crippen molar-refractivity contribution >= 4 is 16.7 Å². The van der Waals surface area contributed by atoms with Crippen LogP contribution >= 0.6 is 0 Å². The molecular formula is C22H31N3O3. The van der Waals surface area contributed by atoms with Crippen LogP contribution in [0.4, 0.5) is 5.82 Å². The molecule has 0 saturated carbocycles. The Morgan fingerprint density at radius 2 is 1.64 bits per heavy atom. The van der Waals surface area contributed by atoms with E-state index in [2.05, 4.69) is 22.8 Å². The maximum atomic E-state index is 11.0. The molecule has 6 heteroatoms. The van der Waals surface area contributed by atoms with E-state index in [9.17, 15) is 5.11 Å². The molecule has 0 spiro atoms. The van der Waals surface area contributed by atoms with Crippen molar-refractivity contribution in [1.29, 1.82) is 0 Å². The van der Waals surface area contributed by atoms with Gasteiger partial charge in [-0.15, -0.1) is 0 Å². The van der Waals surface area contributed by atoms with Gasteiger partial charge in [0, 0.05) is 31.1 Å². The van der Waals surface area contributed by atoms with Crippen molar-refractivity contribution in [2.24, 2.45) is 0 Å². The van der Waals surface area contributed by atoms with Crippen molar-refractivity contribution in [3.8, 4) is 11.5 Å². The maximum Gasteiger partial charge on any atom is 0.162 e. The van der Waals surface area contributed by atoms with E-state index in [0.29, 0.717) is 5.75 Å². The molecule has 3 heterocycles. The fraction of sp³-hybridized carbons (Fsp3) is 0.591. The average Bonchev–Trinajstić information content (AvgIpc) is 3.19. The van der Waals surface area contributed by atoms with E-state index in [1.165, 1.54) is 18.4 Å². The second-order valence-corrected chi connectivity index (χ2v) is 8.22. The molecule has 6 nitrogen and oxygen atoms in total. The number of nitrogens with zero attached hydrogens (tertiary/aromatic N) is 3. The molecule has 0 unspecified atom stereocenters. The average molecular weight is 386 g/mol. The number of pyridine rings is 1. The van der Waals surface area contributed by atoms with Crippen molar-refractivity contribution < 1.29 is 14.6 Å². The minimum Gasteiger partial charge on any atom is -0.493 e. The van der Waals surface area contributed by atoms with Crippen molar-refractivity contribution in [3.05, 3.63) is 23.8 Å². The van der Waals surface area contributed by atoms with Gasteiger partial charge in [-0.05, 0) is 63.4 Å². The predicted octanol–water partition coefficient (Wildman–Crippen LogP) is 2.99. The van der Waals surface area contributed by atoms with Crippen LogP contribution in [0.2, 0.25) is 0 Å². The van der Waals surface area contributed by atoms with Gasteiger partial charge in [-0.25, -0.2) is 4.98 Å². The Balaban J connectivity index is 1.53. The number of rotatable bonds is 5. The monoisotopic (exact) mass is 385 g/mol. The Hall–Kier alpha value is -2.05. The summed E-state index contributed by atoms with van der Waals surface area (Å²) in [5, 5.41) is 12.1. The Bertz CT molecular complexity index is 841. The molecule has 0 aliphatic carbocycles. The van der Waals surface area contributed by atoms with Gasteiger partial charge >= 0.3 is 0 Å². The quantitative estimate of drug-likeness (QED) is 0.854. The molecule has 0 atom stereocenters. The number of ether oxygens (including phenoxy) is 2. The van der Waals surface area contributed by atoms with Gasteiger partial charge in [0.15, 0.2) is 11.5 Å². The zero-order valence-electron chi connectivity index (χ0n) is 17.2. The fourth-order valence-electron chi connectivity index (χ4n) is 4.53. The molecule has 2 aliphatic heterocycles. The molecule has 0 bridgehead atoms. The summed E-state index contributed by atoms with van der Waals surface area (Å²) in [6.45, 7) is 6.83. The summed E-state index contributed by atoms with van der Waals surface area (Å²) in [7, 11) is 3.30. The number of β-amino-alcohol motifs (C(OH)–C–C–N with tert-alkyl or cyclic N) is 1. The molecule has 1 aromatic carbocycles. The SMILES string of the molecule is COc1cc2nc(N3CCC(O)(CN4CCCC4)CC3)cc(C)c2cc1OC. The molecule has 152 valence electrons. The van der Waals surface area contributed by atoms with Crippen molar-refractivity contribution in [3.63, 3.8) is 0 Å². The molecule has 0 amide bonds. The van der Waals surface area contributed by atoms with Crippen LogP contribution in [0.15, 0.2) is 18.2 Å². The topological polar surface area (TPSA) is 58.1 Å². The number of likely N-dealkylation sites (tertiary alicyclic amines) is 1. The summed E-state index contributed by atoms with van der Waals surface area (Å²) in [6.07, 6.45) is 4.09. The molecular weight excluding hydrogens is 354 g/mol. The maximum absolute atomic E-state index is 11.0. The number of fused-ring (bicyclic) bond motifs is 1. The van der Waals surface area contributed by atoms with Crippen LogP contribution in [0, 0.1) is 6.92 Å². The zero-order chi connectivity index (χ0) is 19.7. The van der Waals surface area contributed by atoms with Gasteiger partial charge in [-0.2, -0.15) is 0 Å². The normalized spacial score (nSPS) is 19.9. The van der Waals surface area contributed by atoms with Gasteiger partial charge < -0.3 is 24.4 Å². The van der Waals surface area contributed by atoms with E-state index in [-0.39, 0.29) is 0 Å². The highest BCUT2D eigenvalue weighted by Crippen LogP contribution is 2.35. The van der Waals surface area contributed by atoms with Crippen molar-refractivity contribution in [2.45, 2.75) is 38.2 Å². The number of aryl methyl sites for hydroxylation is 1. The molecule has 2 aliphatic rings. The highest BCUT2D eigenvalue weighted by Gasteiger charge is 2.35. The number of aliphatic hydroxyl groups is 1. The highest BCUT2D eigenvalue weighted by atomic mass is 16.5. The summed E-state index contributed by atoms with van der Waals surface area (Å²) >= 11 is 0. The van der Waals surface area contributed by atoms with E-state index in [1.807, 2.05) is 12.1 Å². The Kier molecular flexibility index (Phi) is 5.34. The second-order valence-electron chi connectivity index (χ2n) is 8.22. The van der Waals surface area contributed by atoms with Gasteiger partial charge in [-0.1, -0.05) is 0 Å². The summed E-state index contributed by atoms with van der Waals surface area (Å²) in [4.78, 5) is 9.60. The van der Waals surface area contributed by atoms with Gasteiger partial charge in [0.25, 0.3) is 0 Å². The largest absolute Gasteiger partial charge is 0.493 e. The van der Waals surface area contributed by atoms with Gasteiger partial charge in [0.2, 0.25) is 0 Å². The number of hydrogen-bond donors (Lipinski definition) is 1. The minimum absolute atomic E-state index is 0.566. The summed E-state index contributed by atoms with van der Waals surface area (Å²) in [6, 6.07) is 6.07. The highest BCUT2D eigenvalue weighted by molar-refractivity contribution is 5.87. The number of anilines is 1. The Morgan fingerprint density at radius 3 is 2.29 bits per heavy atom. The smallest absolute Gasteiger partial charge is 0.162 e. The van der Waals surface area contributed by atoms with Crippen LogP contribution in [0.25, 0.3) is 10.9 Å². The number of piperidine rings is 1. The zero-order valence-corrected chi connectivity index (χ0v) is 17.2. The van der Waals surface area contributed by atoms with Gasteiger partial charge in [-0.3, -0.25) is 0 Å². The van der Waals surface area contributed by atoms with Crippen LogP contribution in [-0.2, 0) is 0 Å². The number of aromatic nitrogens is 1. The van der Waals surface area contributed by atoms with E-state index in [0.717, 1.165) is 68.0 Å². The van der Waals surface area contributed by atoms with Crippen LogP contribution in [0.1, 0.15) is 31.2 Å². The lowest BCUT2D eigenvalue weighted by Crippen LogP contribution is -2.50. The summed E-state index contributed by atoms with van der Waals surface area (Å²) in [5.41, 5.74) is 1.51. The first-order chi connectivity index (χ1) is 13.5. The first kappa shape index (κ1) is 19.3.